The Morgan fingerprint density at radius 2 is 1.95 bits per heavy atom. The molecule has 0 N–H and O–H groups in total. The van der Waals surface area contributed by atoms with Crippen molar-refractivity contribution in [1.82, 2.24) is 4.90 Å². The minimum absolute atomic E-state index is 0.108. The standard InChI is InChI=1S/C16H21Cl2NO/c1-10-6-11(2)12(3)19(8-10)9-16(20)13-4-5-14(17)15(18)7-13/h4-5,7,10-12H,6,8-9H2,1-3H3. The van der Waals surface area contributed by atoms with E-state index < -0.39 is 0 Å². The molecule has 1 aliphatic rings. The van der Waals surface area contributed by atoms with Gasteiger partial charge in [0.25, 0.3) is 0 Å². The summed E-state index contributed by atoms with van der Waals surface area (Å²) in [5.74, 6) is 1.37. The third-order valence-corrected chi connectivity index (χ3v) is 5.05. The number of Topliss-reactive ketones (excluding diaryl/α,β-unsaturated/α-hetero) is 1. The lowest BCUT2D eigenvalue weighted by Gasteiger charge is -2.40. The van der Waals surface area contributed by atoms with Gasteiger partial charge in [0.05, 0.1) is 16.6 Å². The fourth-order valence-electron chi connectivity index (χ4n) is 2.99. The van der Waals surface area contributed by atoms with E-state index >= 15 is 0 Å². The predicted molar refractivity (Wildman–Crippen MR) is 84.8 cm³/mol. The normalized spacial score (nSPS) is 27.6. The van der Waals surface area contributed by atoms with Gasteiger partial charge in [-0.25, -0.2) is 0 Å². The van der Waals surface area contributed by atoms with Crippen LogP contribution < -0.4 is 0 Å². The molecule has 3 atom stereocenters. The first-order chi connectivity index (χ1) is 9.38. The third-order valence-electron chi connectivity index (χ3n) is 4.31. The van der Waals surface area contributed by atoms with Gasteiger partial charge in [0.1, 0.15) is 0 Å². The van der Waals surface area contributed by atoms with Gasteiger partial charge in [0.15, 0.2) is 5.78 Å². The number of hydrogen-bond donors (Lipinski definition) is 0. The third kappa shape index (κ3) is 3.55. The van der Waals surface area contributed by atoms with Gasteiger partial charge in [-0.2, -0.15) is 0 Å². The lowest BCUT2D eigenvalue weighted by atomic mass is 9.86. The van der Waals surface area contributed by atoms with E-state index in [1.807, 2.05) is 0 Å². The second-order valence-corrected chi connectivity index (χ2v) is 6.85. The average Bonchev–Trinajstić information content (AvgIpc) is 2.38. The van der Waals surface area contributed by atoms with Crippen LogP contribution in [0, 0.1) is 11.8 Å². The van der Waals surface area contributed by atoms with Gasteiger partial charge in [-0.3, -0.25) is 9.69 Å². The highest BCUT2D eigenvalue weighted by Gasteiger charge is 2.30. The Morgan fingerprint density at radius 1 is 1.25 bits per heavy atom. The van der Waals surface area contributed by atoms with Gasteiger partial charge >= 0.3 is 0 Å². The zero-order chi connectivity index (χ0) is 14.9. The average molecular weight is 314 g/mol. The molecule has 1 aromatic rings. The second-order valence-electron chi connectivity index (χ2n) is 6.04. The summed E-state index contributed by atoms with van der Waals surface area (Å²) in [6.45, 7) is 8.15. The van der Waals surface area contributed by atoms with Crippen LogP contribution in [0.1, 0.15) is 37.6 Å². The Bertz CT molecular complexity index is 503. The lowest BCUT2D eigenvalue weighted by Crippen LogP contribution is -2.47. The first kappa shape index (κ1) is 15.8. The molecule has 1 saturated heterocycles. The molecule has 1 aliphatic heterocycles. The van der Waals surface area contributed by atoms with Gasteiger partial charge in [0.2, 0.25) is 0 Å². The second kappa shape index (κ2) is 6.46. The van der Waals surface area contributed by atoms with E-state index in [4.69, 9.17) is 23.2 Å². The Balaban J connectivity index is 2.08. The van der Waals surface area contributed by atoms with Crippen molar-refractivity contribution in [2.24, 2.45) is 11.8 Å². The van der Waals surface area contributed by atoms with Crippen LogP contribution in [0.15, 0.2) is 18.2 Å². The number of hydrogen-bond acceptors (Lipinski definition) is 2. The molecule has 2 nitrogen and oxygen atoms in total. The Labute approximate surface area is 131 Å². The van der Waals surface area contributed by atoms with Crippen LogP contribution in [-0.2, 0) is 0 Å². The summed E-state index contributed by atoms with van der Waals surface area (Å²) in [6, 6.07) is 5.53. The highest BCUT2D eigenvalue weighted by Crippen LogP contribution is 2.27. The molecular weight excluding hydrogens is 293 g/mol. The van der Waals surface area contributed by atoms with Crippen molar-refractivity contribution in [3.05, 3.63) is 33.8 Å². The van der Waals surface area contributed by atoms with E-state index in [-0.39, 0.29) is 5.78 Å². The molecule has 1 fully saturated rings. The zero-order valence-electron chi connectivity index (χ0n) is 12.2. The summed E-state index contributed by atoms with van der Waals surface area (Å²) in [4.78, 5) is 14.7. The first-order valence-corrected chi connectivity index (χ1v) is 7.86. The minimum Gasteiger partial charge on any atom is -0.293 e. The van der Waals surface area contributed by atoms with E-state index in [1.54, 1.807) is 18.2 Å². The number of piperidine rings is 1. The first-order valence-electron chi connectivity index (χ1n) is 7.10. The zero-order valence-corrected chi connectivity index (χ0v) is 13.7. The molecule has 0 spiro atoms. The van der Waals surface area contributed by atoms with Crippen LogP contribution in [0.25, 0.3) is 0 Å². The highest BCUT2D eigenvalue weighted by molar-refractivity contribution is 6.42. The smallest absolute Gasteiger partial charge is 0.176 e. The molecule has 0 aliphatic carbocycles. The summed E-state index contributed by atoms with van der Waals surface area (Å²) in [5.41, 5.74) is 0.637. The molecule has 20 heavy (non-hydrogen) atoms. The van der Waals surface area contributed by atoms with Crippen LogP contribution in [0.2, 0.25) is 10.0 Å². The van der Waals surface area contributed by atoms with Crippen molar-refractivity contribution >= 4 is 29.0 Å². The SMILES string of the molecule is CC1CC(C)C(C)N(CC(=O)c2ccc(Cl)c(Cl)c2)C1. The number of nitrogens with zero attached hydrogens (tertiary/aromatic N) is 1. The van der Waals surface area contributed by atoms with E-state index in [0.717, 1.165) is 6.54 Å². The molecule has 0 amide bonds. The van der Waals surface area contributed by atoms with E-state index in [0.29, 0.717) is 40.0 Å². The number of benzene rings is 1. The quantitative estimate of drug-likeness (QED) is 0.763. The maximum Gasteiger partial charge on any atom is 0.176 e. The van der Waals surface area contributed by atoms with Crippen LogP contribution in [0.5, 0.6) is 0 Å². The molecule has 0 saturated carbocycles. The van der Waals surface area contributed by atoms with Gasteiger partial charge in [0, 0.05) is 18.2 Å². The largest absolute Gasteiger partial charge is 0.293 e. The Hall–Kier alpha value is -0.570. The van der Waals surface area contributed by atoms with E-state index in [1.165, 1.54) is 6.42 Å². The molecule has 2 rings (SSSR count). The molecule has 0 bridgehead atoms. The molecule has 110 valence electrons. The molecule has 4 heteroatoms. The van der Waals surface area contributed by atoms with Crippen molar-refractivity contribution in [3.8, 4) is 0 Å². The van der Waals surface area contributed by atoms with Crippen LogP contribution in [-0.4, -0.2) is 29.8 Å². The number of halogens is 2. The van der Waals surface area contributed by atoms with Crippen molar-refractivity contribution < 1.29 is 4.79 Å². The van der Waals surface area contributed by atoms with Crippen molar-refractivity contribution in [2.45, 2.75) is 33.2 Å². The van der Waals surface area contributed by atoms with Gasteiger partial charge < -0.3 is 0 Å². The molecule has 1 aromatic carbocycles. The van der Waals surface area contributed by atoms with Crippen LogP contribution in [0.3, 0.4) is 0 Å². The Morgan fingerprint density at radius 3 is 2.60 bits per heavy atom. The van der Waals surface area contributed by atoms with Crippen molar-refractivity contribution in [1.29, 1.82) is 0 Å². The predicted octanol–water partition coefficient (Wildman–Crippen LogP) is 4.54. The number of rotatable bonds is 3. The number of carbonyl (C=O) groups is 1. The van der Waals surface area contributed by atoms with Gasteiger partial charge in [-0.15, -0.1) is 0 Å². The summed E-state index contributed by atoms with van der Waals surface area (Å²) in [6.07, 6.45) is 1.23. The number of carbonyl (C=O) groups excluding carboxylic acids is 1. The van der Waals surface area contributed by atoms with Crippen molar-refractivity contribution in [3.63, 3.8) is 0 Å². The lowest BCUT2D eigenvalue weighted by molar-refractivity contribution is 0.0650. The minimum atomic E-state index is 0.108. The molecule has 0 aromatic heterocycles. The summed E-state index contributed by atoms with van der Waals surface area (Å²) in [7, 11) is 0. The van der Waals surface area contributed by atoms with E-state index in [9.17, 15) is 4.79 Å². The van der Waals surface area contributed by atoms with Gasteiger partial charge in [-0.05, 0) is 43.4 Å². The summed E-state index contributed by atoms with van der Waals surface area (Å²) >= 11 is 11.9. The van der Waals surface area contributed by atoms with Crippen LogP contribution in [0.4, 0.5) is 0 Å². The summed E-state index contributed by atoms with van der Waals surface area (Å²) < 4.78 is 0. The summed E-state index contributed by atoms with van der Waals surface area (Å²) in [5, 5.41) is 0.919. The van der Waals surface area contributed by atoms with Crippen molar-refractivity contribution in [2.75, 3.05) is 13.1 Å². The topological polar surface area (TPSA) is 20.3 Å². The monoisotopic (exact) mass is 313 g/mol. The van der Waals surface area contributed by atoms with E-state index in [2.05, 4.69) is 25.7 Å². The molecule has 1 heterocycles. The number of ketones is 1. The molecule has 0 radical (unpaired) electrons. The fraction of sp³-hybridized carbons (Fsp3) is 0.562. The maximum atomic E-state index is 12.4. The molecule has 3 unspecified atom stereocenters. The van der Waals surface area contributed by atoms with Crippen LogP contribution >= 0.6 is 23.2 Å². The maximum absolute atomic E-state index is 12.4. The number of likely N-dealkylation sites (tertiary alicyclic amines) is 1. The van der Waals surface area contributed by atoms with Gasteiger partial charge in [-0.1, -0.05) is 37.0 Å². The fourth-order valence-corrected chi connectivity index (χ4v) is 3.28. The molecular formula is C16H21Cl2NO. The Kier molecular flexibility index (Phi) is 5.11. The highest BCUT2D eigenvalue weighted by atomic mass is 35.5.